The zero-order chi connectivity index (χ0) is 16.2. The van der Waals surface area contributed by atoms with Gasteiger partial charge in [0.05, 0.1) is 30.0 Å². The van der Waals surface area contributed by atoms with Crippen LogP contribution in [0.2, 0.25) is 0 Å². The quantitative estimate of drug-likeness (QED) is 0.832. The summed E-state index contributed by atoms with van der Waals surface area (Å²) >= 11 is 1.86. The highest BCUT2D eigenvalue weighted by Gasteiger charge is 2.23. The van der Waals surface area contributed by atoms with E-state index in [1.165, 1.54) is 42.8 Å². The number of morpholine rings is 1. The van der Waals surface area contributed by atoms with Crippen LogP contribution in [0.25, 0.3) is 0 Å². The zero-order valence-corrected chi connectivity index (χ0v) is 14.8. The molecule has 0 spiro atoms. The van der Waals surface area contributed by atoms with Gasteiger partial charge in [-0.1, -0.05) is 19.3 Å². The third-order valence-corrected chi connectivity index (χ3v) is 6.05. The standard InChI is InChI=1S/C17H25N5OS/c1-2-4-14(5-3-1)17-20-15(11-24-17)8-21-6-7-23-16(9-21)10-22-13-18-12-19-22/h11-14,16H,1-10H2. The molecule has 3 heterocycles. The molecule has 2 aromatic rings. The fourth-order valence-electron chi connectivity index (χ4n) is 3.73. The minimum absolute atomic E-state index is 0.178. The zero-order valence-electron chi connectivity index (χ0n) is 14.0. The second kappa shape index (κ2) is 7.72. The van der Waals surface area contributed by atoms with Crippen LogP contribution < -0.4 is 0 Å². The maximum Gasteiger partial charge on any atom is 0.137 e. The summed E-state index contributed by atoms with van der Waals surface area (Å²) in [7, 11) is 0. The third-order valence-electron chi connectivity index (χ3n) is 4.99. The molecule has 1 aliphatic carbocycles. The highest BCUT2D eigenvalue weighted by atomic mass is 32.1. The molecule has 24 heavy (non-hydrogen) atoms. The number of hydrogen-bond donors (Lipinski definition) is 0. The minimum atomic E-state index is 0.178. The summed E-state index contributed by atoms with van der Waals surface area (Å²) in [6.07, 6.45) is 10.3. The second-order valence-electron chi connectivity index (χ2n) is 6.86. The molecule has 1 aliphatic heterocycles. The summed E-state index contributed by atoms with van der Waals surface area (Å²) < 4.78 is 7.72. The van der Waals surface area contributed by atoms with Crippen molar-refractivity contribution in [2.75, 3.05) is 19.7 Å². The minimum Gasteiger partial charge on any atom is -0.374 e. The lowest BCUT2D eigenvalue weighted by Crippen LogP contribution is -2.43. The third kappa shape index (κ3) is 4.02. The van der Waals surface area contributed by atoms with Crippen molar-refractivity contribution in [2.24, 2.45) is 0 Å². The van der Waals surface area contributed by atoms with E-state index < -0.39 is 0 Å². The molecule has 1 saturated carbocycles. The van der Waals surface area contributed by atoms with E-state index in [9.17, 15) is 0 Å². The Morgan fingerprint density at radius 2 is 2.17 bits per heavy atom. The van der Waals surface area contributed by atoms with Crippen LogP contribution in [-0.4, -0.2) is 50.4 Å². The van der Waals surface area contributed by atoms with Crippen LogP contribution in [0.5, 0.6) is 0 Å². The van der Waals surface area contributed by atoms with Gasteiger partial charge < -0.3 is 4.74 Å². The van der Waals surface area contributed by atoms with E-state index >= 15 is 0 Å². The van der Waals surface area contributed by atoms with Gasteiger partial charge in [0.15, 0.2) is 0 Å². The van der Waals surface area contributed by atoms with Crippen LogP contribution in [0.15, 0.2) is 18.0 Å². The smallest absolute Gasteiger partial charge is 0.137 e. The SMILES string of the molecule is c1ncn(CC2CN(Cc3csc(C4CCCCC4)n3)CCO2)n1. The molecule has 1 unspecified atom stereocenters. The molecule has 0 bridgehead atoms. The molecule has 1 saturated heterocycles. The number of hydrogen-bond acceptors (Lipinski definition) is 6. The number of nitrogens with zero attached hydrogens (tertiary/aromatic N) is 5. The molecule has 6 nitrogen and oxygen atoms in total. The molecular weight excluding hydrogens is 322 g/mol. The van der Waals surface area contributed by atoms with Crippen molar-refractivity contribution in [1.82, 2.24) is 24.6 Å². The van der Waals surface area contributed by atoms with Gasteiger partial charge in [0.25, 0.3) is 0 Å². The van der Waals surface area contributed by atoms with Crippen molar-refractivity contribution >= 4 is 11.3 Å². The Kier molecular flexibility index (Phi) is 5.20. The van der Waals surface area contributed by atoms with Crippen LogP contribution in [0.4, 0.5) is 0 Å². The molecule has 130 valence electrons. The van der Waals surface area contributed by atoms with E-state index in [1.54, 1.807) is 12.7 Å². The molecule has 0 radical (unpaired) electrons. The van der Waals surface area contributed by atoms with Gasteiger partial charge >= 0.3 is 0 Å². The van der Waals surface area contributed by atoms with Crippen molar-refractivity contribution in [3.05, 3.63) is 28.7 Å². The molecule has 4 rings (SSSR count). The molecule has 2 aromatic heterocycles. The first-order valence-electron chi connectivity index (χ1n) is 8.97. The van der Waals surface area contributed by atoms with Crippen molar-refractivity contribution in [2.45, 2.75) is 57.2 Å². The first-order chi connectivity index (χ1) is 11.9. The van der Waals surface area contributed by atoms with Gasteiger partial charge in [0, 0.05) is 30.9 Å². The van der Waals surface area contributed by atoms with Crippen molar-refractivity contribution < 1.29 is 4.74 Å². The summed E-state index contributed by atoms with van der Waals surface area (Å²) in [6.45, 7) is 4.38. The summed E-state index contributed by atoms with van der Waals surface area (Å²) in [5, 5.41) is 7.79. The Balaban J connectivity index is 1.32. The molecule has 0 N–H and O–H groups in total. The number of aromatic nitrogens is 4. The van der Waals surface area contributed by atoms with Gasteiger partial charge in [-0.2, -0.15) is 5.10 Å². The van der Waals surface area contributed by atoms with Gasteiger partial charge in [0.1, 0.15) is 12.7 Å². The predicted octanol–water partition coefficient (Wildman–Crippen LogP) is 2.68. The lowest BCUT2D eigenvalue weighted by Gasteiger charge is -2.32. The molecule has 7 heteroatoms. The van der Waals surface area contributed by atoms with Crippen molar-refractivity contribution in [3.8, 4) is 0 Å². The second-order valence-corrected chi connectivity index (χ2v) is 7.75. The van der Waals surface area contributed by atoms with Crippen LogP contribution in [0, 0.1) is 0 Å². The van der Waals surface area contributed by atoms with E-state index in [0.717, 1.165) is 32.8 Å². The Hall–Kier alpha value is -1.31. The Labute approximate surface area is 146 Å². The fraction of sp³-hybridized carbons (Fsp3) is 0.706. The molecule has 2 fully saturated rings. The van der Waals surface area contributed by atoms with E-state index in [2.05, 4.69) is 20.4 Å². The maximum absolute atomic E-state index is 5.87. The topological polar surface area (TPSA) is 56.1 Å². The highest BCUT2D eigenvalue weighted by Crippen LogP contribution is 2.34. The van der Waals surface area contributed by atoms with Crippen LogP contribution >= 0.6 is 11.3 Å². The summed E-state index contributed by atoms with van der Waals surface area (Å²) in [5.74, 6) is 0.710. The average Bonchev–Trinajstić information content (AvgIpc) is 3.28. The molecular formula is C17H25N5OS. The lowest BCUT2D eigenvalue weighted by molar-refractivity contribution is -0.0405. The van der Waals surface area contributed by atoms with Gasteiger partial charge in [-0.05, 0) is 12.8 Å². The predicted molar refractivity (Wildman–Crippen MR) is 93.0 cm³/mol. The summed E-state index contributed by atoms with van der Waals surface area (Å²) in [6, 6.07) is 0. The highest BCUT2D eigenvalue weighted by molar-refractivity contribution is 7.09. The van der Waals surface area contributed by atoms with Crippen LogP contribution in [0.3, 0.4) is 0 Å². The molecule has 0 amide bonds. The summed E-state index contributed by atoms with van der Waals surface area (Å²) in [4.78, 5) is 11.4. The maximum atomic E-state index is 5.87. The van der Waals surface area contributed by atoms with Crippen molar-refractivity contribution in [1.29, 1.82) is 0 Å². The van der Waals surface area contributed by atoms with E-state index in [-0.39, 0.29) is 6.10 Å². The number of ether oxygens (including phenoxy) is 1. The van der Waals surface area contributed by atoms with Gasteiger partial charge in [-0.15, -0.1) is 11.3 Å². The Morgan fingerprint density at radius 1 is 1.25 bits per heavy atom. The average molecular weight is 347 g/mol. The van der Waals surface area contributed by atoms with Crippen LogP contribution in [-0.2, 0) is 17.8 Å². The Bertz CT molecular complexity index is 623. The number of rotatable bonds is 5. The molecule has 2 aliphatic rings. The monoisotopic (exact) mass is 347 g/mol. The Morgan fingerprint density at radius 3 is 3.00 bits per heavy atom. The van der Waals surface area contributed by atoms with E-state index in [0.29, 0.717) is 5.92 Å². The first kappa shape index (κ1) is 16.2. The fourth-order valence-corrected chi connectivity index (χ4v) is 4.71. The van der Waals surface area contributed by atoms with E-state index in [1.807, 2.05) is 16.0 Å². The van der Waals surface area contributed by atoms with Crippen molar-refractivity contribution in [3.63, 3.8) is 0 Å². The number of thiazole rings is 1. The lowest BCUT2D eigenvalue weighted by atomic mass is 9.90. The molecule has 0 aromatic carbocycles. The summed E-state index contributed by atoms with van der Waals surface area (Å²) in [5.41, 5.74) is 1.22. The van der Waals surface area contributed by atoms with Crippen LogP contribution in [0.1, 0.15) is 48.7 Å². The van der Waals surface area contributed by atoms with Gasteiger partial charge in [-0.25, -0.2) is 9.97 Å². The van der Waals surface area contributed by atoms with Gasteiger partial charge in [0.2, 0.25) is 0 Å². The van der Waals surface area contributed by atoms with E-state index in [4.69, 9.17) is 9.72 Å². The normalized spacial score (nSPS) is 23.6. The molecule has 1 atom stereocenters. The van der Waals surface area contributed by atoms with Gasteiger partial charge in [-0.3, -0.25) is 9.58 Å². The largest absolute Gasteiger partial charge is 0.374 e. The first-order valence-corrected chi connectivity index (χ1v) is 9.85.